The van der Waals surface area contributed by atoms with E-state index in [2.05, 4.69) is 9.97 Å². The summed E-state index contributed by atoms with van der Waals surface area (Å²) in [7, 11) is 0. The van der Waals surface area contributed by atoms with Crippen LogP contribution in [0, 0.1) is 0 Å². The molecule has 0 aliphatic heterocycles. The van der Waals surface area contributed by atoms with Gasteiger partial charge in [-0.25, -0.2) is 14.2 Å². The second-order valence-corrected chi connectivity index (χ2v) is 3.28. The van der Waals surface area contributed by atoms with Gasteiger partial charge in [-0.15, -0.1) is 0 Å². The molecule has 0 aromatic carbocycles. The van der Waals surface area contributed by atoms with E-state index >= 15 is 0 Å². The van der Waals surface area contributed by atoms with Crippen molar-refractivity contribution < 1.29 is 14.3 Å². The van der Waals surface area contributed by atoms with Crippen LogP contribution in [0.3, 0.4) is 0 Å². The van der Waals surface area contributed by atoms with E-state index < -0.39 is 17.0 Å². The second-order valence-electron chi connectivity index (χ2n) is 2.25. The number of nitrogens with zero attached hydrogens (tertiary/aromatic N) is 1. The van der Waals surface area contributed by atoms with Gasteiger partial charge in [-0.05, 0) is 11.8 Å². The zero-order valence-electron chi connectivity index (χ0n) is 6.73. The van der Waals surface area contributed by atoms with Crippen molar-refractivity contribution in [2.45, 2.75) is 10.7 Å². The third kappa shape index (κ3) is 2.73. The summed E-state index contributed by atoms with van der Waals surface area (Å²) >= 11 is 0.267. The maximum Gasteiger partial charge on any atom is 0.349 e. The topological polar surface area (TPSA) is 109 Å². The summed E-state index contributed by atoms with van der Waals surface area (Å²) in [6.07, 6.45) is 0. The Kier molecular flexibility index (Phi) is 3.07. The number of carboxylic acids is 1. The van der Waals surface area contributed by atoms with Gasteiger partial charge in [-0.3, -0.25) is 4.79 Å². The normalized spacial score (nSPS) is 12.4. The molecule has 1 aromatic rings. The molecule has 0 spiro atoms. The second kappa shape index (κ2) is 4.09. The average molecular weight is 219 g/mol. The highest BCUT2D eigenvalue weighted by molar-refractivity contribution is 8.00. The Bertz CT molecular complexity index is 408. The molecule has 0 radical (unpaired) electrons. The number of alkyl halides is 1. The minimum atomic E-state index is -2.18. The van der Waals surface area contributed by atoms with E-state index in [1.165, 1.54) is 0 Å². The first-order valence-corrected chi connectivity index (χ1v) is 4.27. The summed E-state index contributed by atoms with van der Waals surface area (Å²) in [6.45, 7) is 0. The number of halogens is 1. The van der Waals surface area contributed by atoms with Gasteiger partial charge >= 0.3 is 5.97 Å². The molecular formula is C6H6FN3O3S. The molecule has 4 N–H and O–H groups in total. The number of carbonyl (C=O) groups is 1. The zero-order chi connectivity index (χ0) is 10.7. The predicted octanol–water partition coefficient (Wildman–Crippen LogP) is -0.176. The zero-order valence-corrected chi connectivity index (χ0v) is 7.55. The van der Waals surface area contributed by atoms with E-state index in [9.17, 15) is 14.0 Å². The summed E-state index contributed by atoms with van der Waals surface area (Å²) in [5.41, 5.74) is 2.46. The first-order valence-electron chi connectivity index (χ1n) is 3.39. The minimum absolute atomic E-state index is 0.0890. The Balaban J connectivity index is 2.87. The molecule has 0 bridgehead atoms. The lowest BCUT2D eigenvalue weighted by Gasteiger charge is -2.01. The highest BCUT2D eigenvalue weighted by Gasteiger charge is 2.18. The Morgan fingerprint density at radius 3 is 2.93 bits per heavy atom. The molecule has 1 aromatic heterocycles. The van der Waals surface area contributed by atoms with E-state index in [1.807, 2.05) is 0 Å². The van der Waals surface area contributed by atoms with Crippen LogP contribution in [0.15, 0.2) is 16.0 Å². The van der Waals surface area contributed by atoms with Crippen LogP contribution >= 0.6 is 11.8 Å². The Morgan fingerprint density at radius 1 is 1.79 bits per heavy atom. The molecule has 0 aliphatic carbocycles. The maximum atomic E-state index is 12.6. The first kappa shape index (κ1) is 10.5. The number of hydrogen-bond acceptors (Lipinski definition) is 5. The predicted molar refractivity (Wildman–Crippen MR) is 47.7 cm³/mol. The summed E-state index contributed by atoms with van der Waals surface area (Å²) < 4.78 is 12.6. The van der Waals surface area contributed by atoms with Crippen molar-refractivity contribution in [1.29, 1.82) is 0 Å². The summed E-state index contributed by atoms with van der Waals surface area (Å²) in [6, 6.07) is 1.01. The Hall–Kier alpha value is -1.57. The van der Waals surface area contributed by atoms with Crippen molar-refractivity contribution in [3.63, 3.8) is 0 Å². The molecule has 0 amide bonds. The SMILES string of the molecule is Nc1cc(=O)[nH]c(SC(F)C(=O)O)n1. The molecule has 1 rings (SSSR count). The third-order valence-corrected chi connectivity index (χ3v) is 1.97. The molecule has 0 fully saturated rings. The summed E-state index contributed by atoms with van der Waals surface area (Å²) in [4.78, 5) is 26.6. The van der Waals surface area contributed by atoms with Gasteiger partial charge in [0.1, 0.15) is 5.82 Å². The smallest absolute Gasteiger partial charge is 0.349 e. The fourth-order valence-corrected chi connectivity index (χ4v) is 1.27. The van der Waals surface area contributed by atoms with Crippen molar-refractivity contribution in [2.75, 3.05) is 5.73 Å². The number of rotatable bonds is 3. The van der Waals surface area contributed by atoms with Crippen LogP contribution in [0.1, 0.15) is 0 Å². The van der Waals surface area contributed by atoms with Crippen LogP contribution in [0.5, 0.6) is 0 Å². The molecule has 1 atom stereocenters. The largest absolute Gasteiger partial charge is 0.478 e. The number of nitrogen functional groups attached to an aromatic ring is 1. The number of aromatic amines is 1. The summed E-state index contributed by atoms with van der Waals surface area (Å²) in [5, 5.41) is 8.07. The average Bonchev–Trinajstić information content (AvgIpc) is 2.01. The fraction of sp³-hybridized carbons (Fsp3) is 0.167. The lowest BCUT2D eigenvalue weighted by molar-refractivity contribution is -0.139. The highest BCUT2D eigenvalue weighted by atomic mass is 32.2. The van der Waals surface area contributed by atoms with Gasteiger partial charge < -0.3 is 15.8 Å². The Morgan fingerprint density at radius 2 is 2.43 bits per heavy atom. The molecule has 6 nitrogen and oxygen atoms in total. The molecule has 0 saturated carbocycles. The number of anilines is 1. The first-order chi connectivity index (χ1) is 6.49. The lowest BCUT2D eigenvalue weighted by atomic mass is 10.6. The van der Waals surface area contributed by atoms with Crippen LogP contribution in [-0.2, 0) is 4.79 Å². The number of aromatic nitrogens is 2. The van der Waals surface area contributed by atoms with Gasteiger partial charge in [0.2, 0.25) is 5.50 Å². The van der Waals surface area contributed by atoms with Crippen LogP contribution in [0.4, 0.5) is 10.2 Å². The number of H-pyrrole nitrogens is 1. The highest BCUT2D eigenvalue weighted by Crippen LogP contribution is 2.19. The van der Waals surface area contributed by atoms with Crippen molar-refractivity contribution in [3.05, 3.63) is 16.4 Å². The van der Waals surface area contributed by atoms with Crippen molar-refractivity contribution in [1.82, 2.24) is 9.97 Å². The quantitative estimate of drug-likeness (QED) is 0.480. The molecule has 1 unspecified atom stereocenters. The van der Waals surface area contributed by atoms with Gasteiger partial charge in [-0.2, -0.15) is 0 Å². The van der Waals surface area contributed by atoms with Crippen LogP contribution < -0.4 is 11.3 Å². The van der Waals surface area contributed by atoms with Crippen molar-refractivity contribution in [3.8, 4) is 0 Å². The molecule has 8 heteroatoms. The molecule has 76 valence electrons. The monoisotopic (exact) mass is 219 g/mol. The van der Waals surface area contributed by atoms with E-state index in [0.29, 0.717) is 0 Å². The molecule has 1 heterocycles. The van der Waals surface area contributed by atoms with Crippen molar-refractivity contribution >= 4 is 23.5 Å². The molecular weight excluding hydrogens is 213 g/mol. The lowest BCUT2D eigenvalue weighted by Crippen LogP contribution is -2.14. The van der Waals surface area contributed by atoms with Gasteiger partial charge in [0.05, 0.1) is 0 Å². The van der Waals surface area contributed by atoms with Crippen LogP contribution in [0.25, 0.3) is 0 Å². The summed E-state index contributed by atoms with van der Waals surface area (Å²) in [5.74, 6) is -1.73. The number of nitrogens with two attached hydrogens (primary N) is 1. The van der Waals surface area contributed by atoms with Crippen molar-refractivity contribution in [2.24, 2.45) is 0 Å². The molecule has 0 saturated heterocycles. The maximum absolute atomic E-state index is 12.6. The van der Waals surface area contributed by atoms with E-state index in [4.69, 9.17) is 10.8 Å². The standard InChI is InChI=1S/C6H6FN3O3S/c7-4(5(12)13)14-6-9-2(8)1-3(11)10-6/h1,4H,(H,12,13)(H3,8,9,10,11). The number of hydrogen-bond donors (Lipinski definition) is 3. The number of aliphatic carboxylic acids is 1. The number of thioether (sulfide) groups is 1. The van der Waals surface area contributed by atoms with Gasteiger partial charge in [-0.1, -0.05) is 0 Å². The van der Waals surface area contributed by atoms with E-state index in [-0.39, 0.29) is 22.7 Å². The van der Waals surface area contributed by atoms with E-state index in [1.54, 1.807) is 0 Å². The number of carboxylic acid groups (broad SMARTS) is 1. The van der Waals surface area contributed by atoms with E-state index in [0.717, 1.165) is 6.07 Å². The Labute approximate surface area is 81.3 Å². The molecule has 0 aliphatic rings. The third-order valence-electron chi connectivity index (χ3n) is 1.15. The fourth-order valence-electron chi connectivity index (χ4n) is 0.658. The van der Waals surface area contributed by atoms with Crippen LogP contribution in [0.2, 0.25) is 0 Å². The van der Waals surface area contributed by atoms with Gasteiger partial charge in [0, 0.05) is 6.07 Å². The minimum Gasteiger partial charge on any atom is -0.478 e. The number of nitrogens with one attached hydrogen (secondary N) is 1. The van der Waals surface area contributed by atoms with Gasteiger partial charge in [0.25, 0.3) is 5.56 Å². The van der Waals surface area contributed by atoms with Gasteiger partial charge in [0.15, 0.2) is 5.16 Å². The van der Waals surface area contributed by atoms with Crippen LogP contribution in [-0.4, -0.2) is 26.5 Å². The molecule has 14 heavy (non-hydrogen) atoms.